The Morgan fingerprint density at radius 2 is 2.11 bits per heavy atom. The van der Waals surface area contributed by atoms with Gasteiger partial charge in [0.2, 0.25) is 6.43 Å². The molecule has 1 aliphatic heterocycles. The highest BCUT2D eigenvalue weighted by Gasteiger charge is 2.33. The third-order valence-electron chi connectivity index (χ3n) is 2.85. The van der Waals surface area contributed by atoms with Gasteiger partial charge in [-0.1, -0.05) is 0 Å². The number of carbonyl (C=O) groups excluding carboxylic acids is 1. The van der Waals surface area contributed by atoms with Crippen LogP contribution in [0.25, 0.3) is 0 Å². The van der Waals surface area contributed by atoms with Gasteiger partial charge in [-0.05, 0) is 33.1 Å². The largest absolute Gasteiger partial charge is 0.444 e. The van der Waals surface area contributed by atoms with Crippen LogP contribution < -0.4 is 0 Å². The number of piperidine rings is 1. The SMILES string of the molecule is CC(C)(C)OC(=O)N1CCC(CC(F)F)C(O)C1. The quantitative estimate of drug-likeness (QED) is 0.833. The zero-order valence-electron chi connectivity index (χ0n) is 11.0. The van der Waals surface area contributed by atoms with Crippen LogP contribution in [0.5, 0.6) is 0 Å². The van der Waals surface area contributed by atoms with E-state index in [1.807, 2.05) is 0 Å². The number of nitrogens with zero attached hydrogens (tertiary/aromatic N) is 1. The summed E-state index contributed by atoms with van der Waals surface area (Å²) in [6.45, 7) is 5.68. The Balaban J connectivity index is 2.48. The summed E-state index contributed by atoms with van der Waals surface area (Å²) in [6.07, 6.45) is -3.76. The first-order valence-corrected chi connectivity index (χ1v) is 6.13. The van der Waals surface area contributed by atoms with Crippen molar-refractivity contribution in [2.24, 2.45) is 5.92 Å². The molecule has 1 rings (SSSR count). The minimum Gasteiger partial charge on any atom is -0.444 e. The Bertz CT molecular complexity index is 292. The lowest BCUT2D eigenvalue weighted by Crippen LogP contribution is -2.48. The highest BCUT2D eigenvalue weighted by atomic mass is 19.3. The maximum absolute atomic E-state index is 12.3. The van der Waals surface area contributed by atoms with Gasteiger partial charge in [0.25, 0.3) is 0 Å². The van der Waals surface area contributed by atoms with Gasteiger partial charge in [0, 0.05) is 13.0 Å². The number of aliphatic hydroxyl groups is 1. The van der Waals surface area contributed by atoms with E-state index in [1.165, 1.54) is 4.90 Å². The average molecular weight is 265 g/mol. The predicted molar refractivity (Wildman–Crippen MR) is 62.5 cm³/mol. The number of ether oxygens (including phenoxy) is 1. The molecule has 18 heavy (non-hydrogen) atoms. The molecule has 1 N–H and O–H groups in total. The number of aliphatic hydroxyl groups excluding tert-OH is 1. The first-order valence-electron chi connectivity index (χ1n) is 6.13. The smallest absolute Gasteiger partial charge is 0.410 e. The maximum atomic E-state index is 12.3. The Morgan fingerprint density at radius 3 is 2.56 bits per heavy atom. The van der Waals surface area contributed by atoms with Crippen molar-refractivity contribution in [2.75, 3.05) is 13.1 Å². The van der Waals surface area contributed by atoms with Gasteiger partial charge in [0.15, 0.2) is 0 Å². The van der Waals surface area contributed by atoms with E-state index in [9.17, 15) is 18.7 Å². The Kier molecular flexibility index (Phi) is 4.90. The summed E-state index contributed by atoms with van der Waals surface area (Å²) in [5.41, 5.74) is -0.595. The molecule has 4 nitrogen and oxygen atoms in total. The third-order valence-corrected chi connectivity index (χ3v) is 2.85. The highest BCUT2D eigenvalue weighted by molar-refractivity contribution is 5.68. The van der Waals surface area contributed by atoms with E-state index in [-0.39, 0.29) is 13.0 Å². The normalized spacial score (nSPS) is 25.4. The van der Waals surface area contributed by atoms with Gasteiger partial charge in [0.1, 0.15) is 5.60 Å². The van der Waals surface area contributed by atoms with E-state index in [0.29, 0.717) is 13.0 Å². The molecule has 1 fully saturated rings. The fraction of sp³-hybridized carbons (Fsp3) is 0.917. The number of halogens is 2. The van der Waals surface area contributed by atoms with Gasteiger partial charge < -0.3 is 14.7 Å². The first-order chi connectivity index (χ1) is 8.19. The second kappa shape index (κ2) is 5.82. The minimum absolute atomic E-state index is 0.0618. The van der Waals surface area contributed by atoms with Gasteiger partial charge in [-0.3, -0.25) is 0 Å². The van der Waals surface area contributed by atoms with Crippen molar-refractivity contribution in [3.63, 3.8) is 0 Å². The Morgan fingerprint density at radius 1 is 1.50 bits per heavy atom. The van der Waals surface area contributed by atoms with Gasteiger partial charge in [-0.2, -0.15) is 0 Å². The van der Waals surface area contributed by atoms with Crippen LogP contribution in [0.15, 0.2) is 0 Å². The summed E-state index contributed by atoms with van der Waals surface area (Å²) in [5, 5.41) is 9.75. The fourth-order valence-electron chi connectivity index (χ4n) is 1.98. The lowest BCUT2D eigenvalue weighted by Gasteiger charge is -2.36. The molecule has 0 aromatic carbocycles. The molecule has 1 heterocycles. The first kappa shape index (κ1) is 15.1. The lowest BCUT2D eigenvalue weighted by atomic mass is 9.91. The van der Waals surface area contributed by atoms with Crippen LogP contribution in [0, 0.1) is 5.92 Å². The molecule has 0 aliphatic carbocycles. The highest BCUT2D eigenvalue weighted by Crippen LogP contribution is 2.25. The van der Waals surface area contributed by atoms with E-state index >= 15 is 0 Å². The zero-order valence-corrected chi connectivity index (χ0v) is 11.0. The second-order valence-electron chi connectivity index (χ2n) is 5.67. The van der Waals surface area contributed by atoms with Crippen LogP contribution in [0.1, 0.15) is 33.6 Å². The maximum Gasteiger partial charge on any atom is 0.410 e. The van der Waals surface area contributed by atoms with Crippen molar-refractivity contribution < 1.29 is 23.4 Å². The molecule has 1 amide bonds. The van der Waals surface area contributed by atoms with Crippen molar-refractivity contribution >= 4 is 6.09 Å². The summed E-state index contributed by atoms with van der Waals surface area (Å²) in [4.78, 5) is 13.1. The van der Waals surface area contributed by atoms with Crippen molar-refractivity contribution in [2.45, 2.75) is 51.7 Å². The van der Waals surface area contributed by atoms with E-state index in [0.717, 1.165) is 0 Å². The van der Waals surface area contributed by atoms with E-state index in [4.69, 9.17) is 4.74 Å². The van der Waals surface area contributed by atoms with Gasteiger partial charge in [0.05, 0.1) is 12.6 Å². The van der Waals surface area contributed by atoms with E-state index in [2.05, 4.69) is 0 Å². The summed E-state index contributed by atoms with van der Waals surface area (Å²) in [6, 6.07) is 0. The van der Waals surface area contributed by atoms with Crippen LogP contribution in [-0.2, 0) is 4.74 Å². The number of β-amino-alcohol motifs (C(OH)–C–C–N with tert-alkyl or cyclic N) is 1. The molecule has 0 saturated carbocycles. The van der Waals surface area contributed by atoms with E-state index in [1.54, 1.807) is 20.8 Å². The molecule has 6 heteroatoms. The molecule has 0 aromatic rings. The number of likely N-dealkylation sites (tertiary alicyclic amines) is 1. The average Bonchev–Trinajstić information content (AvgIpc) is 2.17. The topological polar surface area (TPSA) is 49.8 Å². The second-order valence-corrected chi connectivity index (χ2v) is 5.67. The number of hydrogen-bond acceptors (Lipinski definition) is 3. The minimum atomic E-state index is -2.42. The monoisotopic (exact) mass is 265 g/mol. The molecule has 0 spiro atoms. The van der Waals surface area contributed by atoms with Crippen molar-refractivity contribution in [1.82, 2.24) is 4.90 Å². The summed E-state index contributed by atoms with van der Waals surface area (Å²) in [7, 11) is 0. The number of carbonyl (C=O) groups is 1. The molecule has 2 atom stereocenters. The molecular weight excluding hydrogens is 244 g/mol. The van der Waals surface area contributed by atoms with Gasteiger partial charge >= 0.3 is 6.09 Å². The fourth-order valence-corrected chi connectivity index (χ4v) is 1.98. The van der Waals surface area contributed by atoms with Crippen LogP contribution in [0.3, 0.4) is 0 Å². The molecule has 106 valence electrons. The van der Waals surface area contributed by atoms with Crippen molar-refractivity contribution in [1.29, 1.82) is 0 Å². The van der Waals surface area contributed by atoms with Gasteiger partial charge in [-0.25, -0.2) is 13.6 Å². The number of hydrogen-bond donors (Lipinski definition) is 1. The summed E-state index contributed by atoms with van der Waals surface area (Å²) >= 11 is 0. The molecule has 0 radical (unpaired) electrons. The van der Waals surface area contributed by atoms with Crippen molar-refractivity contribution in [3.8, 4) is 0 Å². The number of amides is 1. The van der Waals surface area contributed by atoms with Crippen LogP contribution in [-0.4, -0.2) is 47.3 Å². The number of alkyl halides is 2. The number of rotatable bonds is 2. The standard InChI is InChI=1S/C12H21F2NO3/c1-12(2,3)18-11(17)15-5-4-8(6-10(13)14)9(16)7-15/h8-10,16H,4-7H2,1-3H3. The van der Waals surface area contributed by atoms with E-state index < -0.39 is 30.1 Å². The van der Waals surface area contributed by atoms with Crippen molar-refractivity contribution in [3.05, 3.63) is 0 Å². The summed E-state index contributed by atoms with van der Waals surface area (Å²) < 4.78 is 29.7. The Labute approximate surface area is 106 Å². The van der Waals surface area contributed by atoms with Crippen LogP contribution >= 0.6 is 0 Å². The van der Waals surface area contributed by atoms with Crippen LogP contribution in [0.4, 0.5) is 13.6 Å². The molecule has 1 aliphatic rings. The third kappa shape index (κ3) is 4.76. The van der Waals surface area contributed by atoms with Gasteiger partial charge in [-0.15, -0.1) is 0 Å². The molecule has 0 bridgehead atoms. The van der Waals surface area contributed by atoms with Crippen LogP contribution in [0.2, 0.25) is 0 Å². The molecule has 0 aromatic heterocycles. The summed E-state index contributed by atoms with van der Waals surface area (Å²) in [5.74, 6) is -0.441. The lowest BCUT2D eigenvalue weighted by molar-refractivity contribution is -0.0255. The molecular formula is C12H21F2NO3. The molecule has 2 unspecified atom stereocenters. The zero-order chi connectivity index (χ0) is 13.9. The Hall–Kier alpha value is -0.910. The predicted octanol–water partition coefficient (Wildman–Crippen LogP) is 2.26. The molecule has 1 saturated heterocycles.